The summed E-state index contributed by atoms with van der Waals surface area (Å²) in [7, 11) is 0. The second-order valence-electron chi connectivity index (χ2n) is 5.40. The molecule has 2 heteroatoms. The number of hydrogen-bond acceptors (Lipinski definition) is 1. The van der Waals surface area contributed by atoms with Gasteiger partial charge in [-0.3, -0.25) is 4.79 Å². The maximum atomic E-state index is 11.3. The van der Waals surface area contributed by atoms with E-state index in [9.17, 15) is 4.79 Å². The highest BCUT2D eigenvalue weighted by Crippen LogP contribution is 2.29. The molecular formula is C12H23BrO. The molecule has 0 rings (SSSR count). The van der Waals surface area contributed by atoms with Crippen molar-refractivity contribution in [2.24, 2.45) is 17.3 Å². The number of halogens is 1. The zero-order valence-electron chi connectivity index (χ0n) is 10.1. The molecule has 0 aliphatic rings. The normalized spacial score (nSPS) is 16.4. The van der Waals surface area contributed by atoms with Crippen molar-refractivity contribution in [1.82, 2.24) is 0 Å². The van der Waals surface area contributed by atoms with Crippen molar-refractivity contribution in [3.05, 3.63) is 0 Å². The van der Waals surface area contributed by atoms with Crippen molar-refractivity contribution in [2.45, 2.75) is 53.9 Å². The highest BCUT2D eigenvalue weighted by atomic mass is 79.9. The van der Waals surface area contributed by atoms with E-state index in [1.807, 2.05) is 0 Å². The van der Waals surface area contributed by atoms with Gasteiger partial charge in [-0.15, -0.1) is 0 Å². The first-order valence-electron chi connectivity index (χ1n) is 5.47. The molecule has 0 aromatic rings. The van der Waals surface area contributed by atoms with Crippen LogP contribution in [-0.4, -0.2) is 4.69 Å². The van der Waals surface area contributed by atoms with Crippen LogP contribution in [0.1, 0.15) is 53.9 Å². The lowest BCUT2D eigenvalue weighted by Crippen LogP contribution is -2.19. The van der Waals surface area contributed by atoms with Gasteiger partial charge in [0.05, 0.1) is 0 Å². The van der Waals surface area contributed by atoms with Crippen LogP contribution in [0, 0.1) is 17.3 Å². The molecule has 0 aromatic carbocycles. The molecule has 0 aliphatic carbocycles. The van der Waals surface area contributed by atoms with E-state index in [-0.39, 0.29) is 10.6 Å². The van der Waals surface area contributed by atoms with Crippen LogP contribution >= 0.6 is 15.9 Å². The fraction of sp³-hybridized carbons (Fsp3) is 0.917. The molecule has 1 nitrogen and oxygen atoms in total. The highest BCUT2D eigenvalue weighted by Gasteiger charge is 2.22. The van der Waals surface area contributed by atoms with Crippen LogP contribution in [0.25, 0.3) is 0 Å². The van der Waals surface area contributed by atoms with E-state index >= 15 is 0 Å². The first kappa shape index (κ1) is 14.2. The Balaban J connectivity index is 4.05. The molecular weight excluding hydrogens is 240 g/mol. The fourth-order valence-corrected chi connectivity index (χ4v) is 2.42. The Morgan fingerprint density at radius 3 is 2.14 bits per heavy atom. The molecule has 84 valence electrons. The van der Waals surface area contributed by atoms with Gasteiger partial charge in [0.2, 0.25) is 4.69 Å². The Morgan fingerprint density at radius 1 is 1.36 bits per heavy atom. The van der Waals surface area contributed by atoms with Crippen LogP contribution in [0.3, 0.4) is 0 Å². The molecule has 0 bridgehead atoms. The molecule has 0 aromatic heterocycles. The predicted molar refractivity (Wildman–Crippen MR) is 65.6 cm³/mol. The monoisotopic (exact) mass is 262 g/mol. The molecule has 0 spiro atoms. The zero-order chi connectivity index (χ0) is 11.4. The lowest BCUT2D eigenvalue weighted by Gasteiger charge is -2.24. The van der Waals surface area contributed by atoms with Crippen LogP contribution in [-0.2, 0) is 4.79 Å². The summed E-state index contributed by atoms with van der Waals surface area (Å²) in [6.07, 6.45) is 3.26. The molecule has 0 radical (unpaired) electrons. The molecule has 2 atom stereocenters. The van der Waals surface area contributed by atoms with Gasteiger partial charge < -0.3 is 0 Å². The summed E-state index contributed by atoms with van der Waals surface area (Å²) >= 11 is 3.08. The van der Waals surface area contributed by atoms with Crippen molar-refractivity contribution in [3.8, 4) is 0 Å². The first-order valence-corrected chi connectivity index (χ1v) is 6.26. The summed E-state index contributed by atoms with van der Waals surface area (Å²) < 4.78 is 0.168. The van der Waals surface area contributed by atoms with E-state index in [0.717, 1.165) is 12.8 Å². The average Bonchev–Trinajstić information content (AvgIpc) is 2.00. The summed E-state index contributed by atoms with van der Waals surface area (Å²) in [6, 6.07) is 0. The SMILES string of the molecule is CC[C@@H](C(=O)Br)[C@@H](C)CCC(C)(C)C. The number of carbonyl (C=O) groups excluding carboxylic acids is 1. The second-order valence-corrected chi connectivity index (χ2v) is 6.18. The Morgan fingerprint density at radius 2 is 1.86 bits per heavy atom. The first-order chi connectivity index (χ1) is 6.28. The molecule has 0 fully saturated rings. The van der Waals surface area contributed by atoms with Gasteiger partial charge in [-0.05, 0) is 46.5 Å². The summed E-state index contributed by atoms with van der Waals surface area (Å²) in [6.45, 7) is 11.0. The number of carbonyl (C=O) groups is 1. The molecule has 0 heterocycles. The van der Waals surface area contributed by atoms with Crippen molar-refractivity contribution >= 4 is 20.6 Å². The van der Waals surface area contributed by atoms with Gasteiger partial charge in [0.25, 0.3) is 0 Å². The summed E-state index contributed by atoms with van der Waals surface area (Å²) in [5.74, 6) is 0.684. The number of hydrogen-bond donors (Lipinski definition) is 0. The van der Waals surface area contributed by atoms with E-state index in [0.29, 0.717) is 11.3 Å². The minimum Gasteiger partial charge on any atom is -0.286 e. The van der Waals surface area contributed by atoms with Gasteiger partial charge in [0, 0.05) is 5.92 Å². The van der Waals surface area contributed by atoms with Crippen LogP contribution in [0.15, 0.2) is 0 Å². The van der Waals surface area contributed by atoms with E-state index < -0.39 is 0 Å². The highest BCUT2D eigenvalue weighted by molar-refractivity contribution is 9.18. The van der Waals surface area contributed by atoms with E-state index in [2.05, 4.69) is 50.5 Å². The van der Waals surface area contributed by atoms with Gasteiger partial charge in [0.15, 0.2) is 0 Å². The standard InChI is InChI=1S/C12H23BrO/c1-6-10(11(13)14)9(2)7-8-12(3,4)5/h9-10H,6-8H2,1-5H3/t9-,10+/m0/s1. The van der Waals surface area contributed by atoms with E-state index in [4.69, 9.17) is 0 Å². The largest absolute Gasteiger partial charge is 0.286 e. The summed E-state index contributed by atoms with van der Waals surface area (Å²) in [5, 5.41) is 0. The molecule has 0 aliphatic heterocycles. The van der Waals surface area contributed by atoms with Crippen molar-refractivity contribution in [2.75, 3.05) is 0 Å². The van der Waals surface area contributed by atoms with Crippen molar-refractivity contribution in [1.29, 1.82) is 0 Å². The topological polar surface area (TPSA) is 17.1 Å². The van der Waals surface area contributed by atoms with Crippen LogP contribution in [0.2, 0.25) is 0 Å². The molecule has 0 amide bonds. The number of rotatable bonds is 5. The quantitative estimate of drug-likeness (QED) is 0.672. The minimum absolute atomic E-state index is 0.168. The van der Waals surface area contributed by atoms with E-state index in [1.165, 1.54) is 6.42 Å². The molecule has 0 N–H and O–H groups in total. The third-order valence-electron chi connectivity index (χ3n) is 2.77. The van der Waals surface area contributed by atoms with E-state index in [1.54, 1.807) is 0 Å². The minimum atomic E-state index is 0.168. The Kier molecular flexibility index (Phi) is 5.96. The lowest BCUT2D eigenvalue weighted by atomic mass is 9.82. The smallest absolute Gasteiger partial charge is 0.201 e. The lowest BCUT2D eigenvalue weighted by molar-refractivity contribution is -0.115. The van der Waals surface area contributed by atoms with Gasteiger partial charge in [-0.25, -0.2) is 0 Å². The zero-order valence-corrected chi connectivity index (χ0v) is 11.6. The Bertz CT molecular complexity index is 181. The van der Waals surface area contributed by atoms with Gasteiger partial charge in [-0.1, -0.05) is 34.6 Å². The van der Waals surface area contributed by atoms with Gasteiger partial charge in [-0.2, -0.15) is 0 Å². The van der Waals surface area contributed by atoms with Crippen LogP contribution in [0.4, 0.5) is 0 Å². The molecule has 0 saturated carbocycles. The third kappa shape index (κ3) is 5.79. The van der Waals surface area contributed by atoms with Crippen molar-refractivity contribution in [3.63, 3.8) is 0 Å². The average molecular weight is 263 g/mol. The molecule has 0 saturated heterocycles. The van der Waals surface area contributed by atoms with Crippen LogP contribution < -0.4 is 0 Å². The third-order valence-corrected chi connectivity index (χ3v) is 3.36. The Hall–Kier alpha value is 0.150. The molecule has 0 unspecified atom stereocenters. The second kappa shape index (κ2) is 5.89. The maximum absolute atomic E-state index is 11.3. The van der Waals surface area contributed by atoms with Gasteiger partial charge in [0.1, 0.15) is 0 Å². The summed E-state index contributed by atoms with van der Waals surface area (Å²) in [5.41, 5.74) is 0.377. The van der Waals surface area contributed by atoms with Gasteiger partial charge >= 0.3 is 0 Å². The predicted octanol–water partition coefficient (Wildman–Crippen LogP) is 4.40. The summed E-state index contributed by atoms with van der Waals surface area (Å²) in [4.78, 5) is 11.3. The fourth-order valence-electron chi connectivity index (χ4n) is 1.65. The molecule has 14 heavy (non-hydrogen) atoms. The van der Waals surface area contributed by atoms with Crippen LogP contribution in [0.5, 0.6) is 0 Å². The maximum Gasteiger partial charge on any atom is 0.201 e. The van der Waals surface area contributed by atoms with Crippen molar-refractivity contribution < 1.29 is 4.79 Å². The Labute approximate surface area is 96.8 Å².